The van der Waals surface area contributed by atoms with E-state index in [9.17, 15) is 13.2 Å². The van der Waals surface area contributed by atoms with Crippen LogP contribution in [0.4, 0.5) is 13.2 Å². The van der Waals surface area contributed by atoms with Crippen molar-refractivity contribution in [2.75, 3.05) is 0 Å². The van der Waals surface area contributed by atoms with Crippen LogP contribution in [0.1, 0.15) is 44.6 Å². The molecule has 0 atom stereocenters. The molecule has 0 aliphatic rings. The van der Waals surface area contributed by atoms with Gasteiger partial charge in [-0.3, -0.25) is 0 Å². The molecule has 0 saturated carbocycles. The predicted molar refractivity (Wildman–Crippen MR) is 130 cm³/mol. The van der Waals surface area contributed by atoms with E-state index in [1.165, 1.54) is 58.8 Å². The van der Waals surface area contributed by atoms with Crippen molar-refractivity contribution in [1.29, 1.82) is 0 Å². The molecule has 3 aromatic rings. The van der Waals surface area contributed by atoms with Crippen LogP contribution in [0.3, 0.4) is 0 Å². The molecule has 0 aromatic heterocycles. The maximum Gasteiger partial charge on any atom is 0.485 e. The van der Waals surface area contributed by atoms with Crippen LogP contribution in [0.25, 0.3) is 0 Å². The van der Waals surface area contributed by atoms with E-state index in [0.29, 0.717) is 0 Å². The zero-order chi connectivity index (χ0) is 25.0. The van der Waals surface area contributed by atoms with E-state index < -0.39 is 15.6 Å². The summed E-state index contributed by atoms with van der Waals surface area (Å²) in [6, 6.07) is 31.1. The fourth-order valence-corrected chi connectivity index (χ4v) is 5.33. The highest BCUT2D eigenvalue weighted by molar-refractivity contribution is 7.97. The number of alkyl halides is 3. The summed E-state index contributed by atoms with van der Waals surface area (Å²) in [6.45, 7) is 2.27. The third-order valence-corrected chi connectivity index (χ3v) is 7.77. The Morgan fingerprint density at radius 1 is 0.706 bits per heavy atom. The second-order valence-corrected chi connectivity index (χ2v) is 11.0. The SMILES string of the molecule is CCCCCCCc1ccc([S+](c2ccccc2)c2ccccc2)cc1.O=S(=O)([O-])C(F)(F)F. The highest BCUT2D eigenvalue weighted by atomic mass is 32.2. The standard InChI is InChI=1S/C25H29S.CHF3O3S/c1-2-3-4-5-8-13-22-18-20-25(21-19-22)26(23-14-9-6-10-15-23)24-16-11-7-12-17-24;2-1(3,4)8(5,6)7/h6-7,9-12,14-21H,2-5,8,13H2,1H3;(H,5,6,7)/q+1;/p-1. The molecule has 0 spiro atoms. The maximum absolute atomic E-state index is 10.7. The first-order valence-electron chi connectivity index (χ1n) is 11.1. The Morgan fingerprint density at radius 3 is 1.53 bits per heavy atom. The van der Waals surface area contributed by atoms with Crippen LogP contribution in [-0.2, 0) is 27.4 Å². The zero-order valence-corrected chi connectivity index (χ0v) is 20.6. The molecule has 0 saturated heterocycles. The lowest BCUT2D eigenvalue weighted by atomic mass is 10.1. The van der Waals surface area contributed by atoms with Crippen molar-refractivity contribution in [3.63, 3.8) is 0 Å². The molecule has 0 amide bonds. The zero-order valence-electron chi connectivity index (χ0n) is 19.0. The third kappa shape index (κ3) is 9.16. The van der Waals surface area contributed by atoms with Gasteiger partial charge in [0.2, 0.25) is 0 Å². The summed E-state index contributed by atoms with van der Waals surface area (Å²) in [7, 11) is -6.12. The molecule has 0 unspecified atom stereocenters. The van der Waals surface area contributed by atoms with Crippen molar-refractivity contribution in [3.8, 4) is 0 Å². The third-order valence-electron chi connectivity index (χ3n) is 4.97. The van der Waals surface area contributed by atoms with Gasteiger partial charge in [-0.1, -0.05) is 81.1 Å². The van der Waals surface area contributed by atoms with Crippen LogP contribution in [-0.4, -0.2) is 18.5 Å². The molecule has 0 aliphatic carbocycles. The molecule has 0 heterocycles. The van der Waals surface area contributed by atoms with E-state index in [4.69, 9.17) is 13.0 Å². The molecule has 8 heteroatoms. The van der Waals surface area contributed by atoms with Gasteiger partial charge in [0, 0.05) is 0 Å². The monoisotopic (exact) mass is 510 g/mol. The van der Waals surface area contributed by atoms with Crippen LogP contribution in [0.5, 0.6) is 0 Å². The summed E-state index contributed by atoms with van der Waals surface area (Å²) in [5, 5.41) is 0. The fourth-order valence-electron chi connectivity index (χ4n) is 3.25. The van der Waals surface area contributed by atoms with Crippen molar-refractivity contribution in [2.24, 2.45) is 0 Å². The minimum absolute atomic E-state index is 0.0329. The smallest absolute Gasteiger partial charge is 0.485 e. The molecule has 34 heavy (non-hydrogen) atoms. The molecule has 3 nitrogen and oxygen atoms in total. The predicted octanol–water partition coefficient (Wildman–Crippen LogP) is 7.35. The number of halogens is 3. The maximum atomic E-state index is 10.7. The number of aryl methyl sites for hydroxylation is 1. The van der Waals surface area contributed by atoms with Crippen LogP contribution in [0, 0.1) is 0 Å². The Kier molecular flexibility index (Phi) is 11.1. The van der Waals surface area contributed by atoms with Gasteiger partial charge in [0.15, 0.2) is 24.8 Å². The molecule has 3 aromatic carbocycles. The molecule has 0 N–H and O–H groups in total. The minimum atomic E-state index is -6.09. The normalized spacial score (nSPS) is 11.7. The van der Waals surface area contributed by atoms with E-state index >= 15 is 0 Å². The number of hydrogen-bond donors (Lipinski definition) is 0. The molecular weight excluding hydrogens is 481 g/mol. The Bertz CT molecular complexity index is 1030. The van der Waals surface area contributed by atoms with Crippen LogP contribution < -0.4 is 0 Å². The van der Waals surface area contributed by atoms with Gasteiger partial charge < -0.3 is 4.55 Å². The van der Waals surface area contributed by atoms with E-state index in [1.807, 2.05) is 0 Å². The van der Waals surface area contributed by atoms with E-state index in [1.54, 1.807) is 0 Å². The average Bonchev–Trinajstić information content (AvgIpc) is 2.81. The van der Waals surface area contributed by atoms with Crippen LogP contribution >= 0.6 is 0 Å². The summed E-state index contributed by atoms with van der Waals surface area (Å²) >= 11 is 0. The Balaban J connectivity index is 0.000000440. The van der Waals surface area contributed by atoms with Gasteiger partial charge in [-0.25, -0.2) is 8.42 Å². The largest absolute Gasteiger partial charge is 0.741 e. The van der Waals surface area contributed by atoms with Gasteiger partial charge in [0.05, 0.1) is 10.9 Å². The summed E-state index contributed by atoms with van der Waals surface area (Å²) in [4.78, 5) is 4.16. The van der Waals surface area contributed by atoms with Gasteiger partial charge >= 0.3 is 5.51 Å². The van der Waals surface area contributed by atoms with Crippen molar-refractivity contribution in [1.82, 2.24) is 0 Å². The van der Waals surface area contributed by atoms with Gasteiger partial charge in [0.25, 0.3) is 0 Å². The van der Waals surface area contributed by atoms with Gasteiger partial charge in [0.1, 0.15) is 0 Å². The van der Waals surface area contributed by atoms with Crippen molar-refractivity contribution >= 4 is 21.0 Å². The van der Waals surface area contributed by atoms with E-state index in [2.05, 4.69) is 91.9 Å². The minimum Gasteiger partial charge on any atom is -0.741 e. The number of benzene rings is 3. The summed E-state index contributed by atoms with van der Waals surface area (Å²) in [5.74, 6) is 0. The average molecular weight is 511 g/mol. The van der Waals surface area contributed by atoms with Crippen LogP contribution in [0.2, 0.25) is 0 Å². The quantitative estimate of drug-likeness (QED) is 0.131. The second kappa shape index (κ2) is 13.6. The summed E-state index contributed by atoms with van der Waals surface area (Å²) < 4.78 is 58.9. The molecule has 0 radical (unpaired) electrons. The Morgan fingerprint density at radius 2 is 1.12 bits per heavy atom. The lowest BCUT2D eigenvalue weighted by Crippen LogP contribution is -2.21. The molecule has 0 fully saturated rings. The first kappa shape index (κ1) is 28.0. The van der Waals surface area contributed by atoms with Gasteiger partial charge in [-0.15, -0.1) is 0 Å². The molecule has 0 aliphatic heterocycles. The number of unbranched alkanes of at least 4 members (excludes halogenated alkanes) is 4. The molecule has 184 valence electrons. The lowest BCUT2D eigenvalue weighted by Gasteiger charge is -2.09. The Hall–Kier alpha value is -2.29. The summed E-state index contributed by atoms with van der Waals surface area (Å²) in [6.07, 6.45) is 7.93. The lowest BCUT2D eigenvalue weighted by molar-refractivity contribution is -0.0517. The topological polar surface area (TPSA) is 57.2 Å². The van der Waals surface area contributed by atoms with Gasteiger partial charge in [-0.2, -0.15) is 13.2 Å². The van der Waals surface area contributed by atoms with Crippen molar-refractivity contribution in [3.05, 3.63) is 90.5 Å². The number of rotatable bonds is 9. The highest BCUT2D eigenvalue weighted by Crippen LogP contribution is 2.31. The van der Waals surface area contributed by atoms with E-state index in [0.717, 1.165) is 0 Å². The van der Waals surface area contributed by atoms with Crippen LogP contribution in [0.15, 0.2) is 99.6 Å². The first-order valence-corrected chi connectivity index (χ1v) is 13.7. The van der Waals surface area contributed by atoms with Crippen molar-refractivity contribution < 1.29 is 26.1 Å². The number of hydrogen-bond acceptors (Lipinski definition) is 3. The second-order valence-electron chi connectivity index (χ2n) is 7.64. The summed E-state index contributed by atoms with van der Waals surface area (Å²) in [5.41, 5.74) is -4.18. The first-order chi connectivity index (χ1) is 16.1. The molecule has 0 bridgehead atoms. The van der Waals surface area contributed by atoms with Gasteiger partial charge in [-0.05, 0) is 54.8 Å². The fraction of sp³-hybridized carbons (Fsp3) is 0.308. The van der Waals surface area contributed by atoms with E-state index in [-0.39, 0.29) is 10.9 Å². The molecular formula is C26H29F3O3S2. The molecule has 3 rings (SSSR count). The van der Waals surface area contributed by atoms with Crippen molar-refractivity contribution in [2.45, 2.75) is 65.6 Å². The highest BCUT2D eigenvalue weighted by Gasteiger charge is 2.37. The Labute approximate surface area is 203 Å².